The Morgan fingerprint density at radius 2 is 1.07 bits per heavy atom. The van der Waals surface area contributed by atoms with Crippen molar-refractivity contribution >= 4 is 35.1 Å². The summed E-state index contributed by atoms with van der Waals surface area (Å²) in [6, 6.07) is 13.3. The van der Waals surface area contributed by atoms with Crippen LogP contribution in [-0.2, 0) is 33.3 Å². The minimum Gasteiger partial charge on any atom is -0.508 e. The highest BCUT2D eigenvalue weighted by Crippen LogP contribution is 2.46. The fraction of sp³-hybridized carbons (Fsp3) is 0.340. The molecule has 5 aromatic rings. The lowest BCUT2D eigenvalue weighted by molar-refractivity contribution is -0.342. The van der Waals surface area contributed by atoms with Crippen molar-refractivity contribution in [1.82, 2.24) is 0 Å². The minimum absolute atomic E-state index is 0.0429. The zero-order valence-corrected chi connectivity index (χ0v) is 39.5. The van der Waals surface area contributed by atoms with E-state index in [1.54, 1.807) is 0 Å². The molecule has 0 unspecified atom stereocenters. The van der Waals surface area contributed by atoms with E-state index >= 15 is 0 Å². The van der Waals surface area contributed by atoms with E-state index in [2.05, 4.69) is 0 Å². The number of aromatic hydroxyl groups is 4. The molecule has 2 saturated heterocycles. The Bertz CT molecular complexity index is 2860. The van der Waals surface area contributed by atoms with Gasteiger partial charge in [-0.2, -0.15) is 0 Å². The van der Waals surface area contributed by atoms with Gasteiger partial charge in [-0.3, -0.25) is 4.79 Å². The van der Waals surface area contributed by atoms with Gasteiger partial charge in [-0.1, -0.05) is 0 Å². The highest BCUT2D eigenvalue weighted by Gasteiger charge is 2.52. The molecule has 2 fully saturated rings. The topological polar surface area (TPSA) is 339 Å². The number of phenols is 4. The Kier molecular flexibility index (Phi) is 16.7. The lowest BCUT2D eigenvalue weighted by Gasteiger charge is -2.46. The number of rotatable bonds is 17. The van der Waals surface area contributed by atoms with Gasteiger partial charge in [0.2, 0.25) is 11.5 Å². The molecule has 0 bridgehead atoms. The van der Waals surface area contributed by atoms with E-state index in [-0.39, 0.29) is 62.9 Å². The van der Waals surface area contributed by atoms with Crippen LogP contribution >= 0.6 is 0 Å². The van der Waals surface area contributed by atoms with Crippen molar-refractivity contribution in [2.45, 2.75) is 61.2 Å². The van der Waals surface area contributed by atoms with Crippen molar-refractivity contribution in [2.24, 2.45) is 0 Å². The fourth-order valence-corrected chi connectivity index (χ4v) is 8.07. The third kappa shape index (κ3) is 11.4. The summed E-state index contributed by atoms with van der Waals surface area (Å²) in [7, 11) is 6.44. The Labute approximate surface area is 414 Å². The molecule has 0 radical (unpaired) electrons. The standard InChI is InChI=1S/C50H52O23/c1-63-29-19-27(53)38-26(52)18-28(24-8-10-25(51)11-9-24)70-47(38)39(29)48-49(45(61)43(59)34(71-48)20-68-36(54)12-6-22-14-30(64-2)40(56)31(15-22)65-3)73-50-46(62)44(60)42(58)35(72-50)21-69-37(55)13-7-23-16-32(66-4)41(57)33(17-23)67-5/h6-19,34-35,42-46,48-51,53,56-62H,20-21H2,1-5H3/b12-6+,13-7+/t34-,35-,42-,43-,44+,45+,46-,48+,49-,50+/m1/s1. The Morgan fingerprint density at radius 1 is 0.589 bits per heavy atom. The van der Waals surface area contributed by atoms with Crippen molar-refractivity contribution in [3.63, 3.8) is 0 Å². The smallest absolute Gasteiger partial charge is 0.330 e. The Hall–Kier alpha value is -7.61. The normalized spacial score (nSPS) is 24.1. The van der Waals surface area contributed by atoms with Crippen molar-refractivity contribution in [1.29, 1.82) is 0 Å². The summed E-state index contributed by atoms with van der Waals surface area (Å²) in [5, 5.41) is 98.1. The summed E-state index contributed by atoms with van der Waals surface area (Å²) in [5.74, 6) is -3.36. The first kappa shape index (κ1) is 53.2. The average Bonchev–Trinajstić information content (AvgIpc) is 3.38. The molecule has 10 atom stereocenters. The monoisotopic (exact) mass is 1020 g/mol. The number of hydrogen-bond acceptors (Lipinski definition) is 23. The lowest BCUT2D eigenvalue weighted by Crippen LogP contribution is -2.63. The van der Waals surface area contributed by atoms with Crippen molar-refractivity contribution < 1.29 is 107 Å². The maximum Gasteiger partial charge on any atom is 0.330 e. The van der Waals surface area contributed by atoms with Gasteiger partial charge in [0.1, 0.15) is 96.5 Å². The number of fused-ring (bicyclic) bond motifs is 1. The molecule has 9 N–H and O–H groups in total. The summed E-state index contributed by atoms with van der Waals surface area (Å²) in [4.78, 5) is 39.8. The van der Waals surface area contributed by atoms with Crippen molar-refractivity contribution in [3.8, 4) is 63.1 Å². The predicted octanol–water partition coefficient (Wildman–Crippen LogP) is 2.19. The van der Waals surface area contributed by atoms with Gasteiger partial charge >= 0.3 is 11.9 Å². The van der Waals surface area contributed by atoms with Gasteiger partial charge in [0.15, 0.2) is 40.3 Å². The number of phenolic OH excluding ortho intramolecular Hbond substituents is 4. The van der Waals surface area contributed by atoms with E-state index in [0.717, 1.165) is 24.3 Å². The van der Waals surface area contributed by atoms with Gasteiger partial charge in [-0.05, 0) is 71.8 Å². The number of methoxy groups -OCH3 is 5. The molecule has 0 amide bonds. The molecule has 2 aliphatic rings. The van der Waals surface area contributed by atoms with Crippen molar-refractivity contribution in [2.75, 3.05) is 48.8 Å². The van der Waals surface area contributed by atoms with Crippen LogP contribution in [0.2, 0.25) is 0 Å². The summed E-state index contributed by atoms with van der Waals surface area (Å²) in [5.41, 5.74) is -0.414. The van der Waals surface area contributed by atoms with Crippen LogP contribution in [0, 0.1) is 0 Å². The van der Waals surface area contributed by atoms with Gasteiger partial charge in [-0.25, -0.2) is 9.59 Å². The van der Waals surface area contributed by atoms with E-state index in [0.29, 0.717) is 11.1 Å². The molecule has 23 nitrogen and oxygen atoms in total. The van der Waals surface area contributed by atoms with Gasteiger partial charge in [0.25, 0.3) is 0 Å². The maximum absolute atomic E-state index is 13.8. The second-order valence-electron chi connectivity index (χ2n) is 16.4. The van der Waals surface area contributed by atoms with Crippen LogP contribution < -0.4 is 29.1 Å². The number of benzene rings is 4. The van der Waals surface area contributed by atoms with E-state index in [1.807, 2.05) is 0 Å². The van der Waals surface area contributed by atoms with Crippen LogP contribution in [0.4, 0.5) is 0 Å². The van der Waals surface area contributed by atoms with E-state index in [1.165, 1.54) is 96.2 Å². The van der Waals surface area contributed by atoms with Crippen LogP contribution in [0.5, 0.6) is 51.7 Å². The minimum atomic E-state index is -2.09. The lowest BCUT2D eigenvalue weighted by atomic mass is 9.89. The third-order valence-corrected chi connectivity index (χ3v) is 11.9. The first-order valence-corrected chi connectivity index (χ1v) is 22.0. The summed E-state index contributed by atoms with van der Waals surface area (Å²) in [6.07, 6.45) is -14.4. The highest BCUT2D eigenvalue weighted by atomic mass is 16.7. The number of esters is 2. The SMILES string of the molecule is COc1cc(/C=C/C(=O)OC[C@H]2O[C@@H](O[C@@H]3[C@@H](O)[C@H](O)[C@@H](COC(=O)/C=C/c4cc(OC)c(O)c(OC)c4)O[C@H]3c3c(OC)cc(O)c4c(=O)cc(-c5ccc(O)cc5)oc34)[C@H](O)[C@@H](O)[C@@H]2O)cc(OC)c1O. The zero-order chi connectivity index (χ0) is 52.8. The molecule has 4 aromatic carbocycles. The summed E-state index contributed by atoms with van der Waals surface area (Å²) < 4.78 is 61.6. The second kappa shape index (κ2) is 22.9. The number of carbonyl (C=O) groups excluding carboxylic acids is 2. The first-order valence-electron chi connectivity index (χ1n) is 22.0. The van der Waals surface area contributed by atoms with Crippen LogP contribution in [0.25, 0.3) is 34.4 Å². The molecule has 2 aliphatic heterocycles. The number of ether oxygens (including phenoxy) is 10. The molecule has 0 spiro atoms. The average molecular weight is 1020 g/mol. The van der Waals surface area contributed by atoms with E-state index in [9.17, 15) is 60.3 Å². The van der Waals surface area contributed by atoms with E-state index in [4.69, 9.17) is 51.8 Å². The number of carbonyl (C=O) groups is 2. The number of aliphatic hydroxyl groups is 5. The maximum atomic E-state index is 13.8. The quantitative estimate of drug-likeness (QED) is 0.0476. The first-order chi connectivity index (χ1) is 34.9. The second-order valence-corrected chi connectivity index (χ2v) is 16.4. The zero-order valence-electron chi connectivity index (χ0n) is 39.5. The van der Waals surface area contributed by atoms with Gasteiger partial charge in [0, 0.05) is 29.8 Å². The Balaban J connectivity index is 1.20. The molecule has 7 rings (SSSR count). The summed E-state index contributed by atoms with van der Waals surface area (Å²) >= 11 is 0. The number of aliphatic hydroxyl groups excluding tert-OH is 5. The molecular formula is C50H52O23. The summed E-state index contributed by atoms with van der Waals surface area (Å²) in [6.45, 7) is -1.50. The van der Waals surface area contributed by atoms with Gasteiger partial charge in [-0.15, -0.1) is 0 Å². The molecule has 390 valence electrons. The van der Waals surface area contributed by atoms with Crippen LogP contribution in [-0.4, -0.2) is 162 Å². The Morgan fingerprint density at radius 3 is 1.56 bits per heavy atom. The highest BCUT2D eigenvalue weighted by molar-refractivity contribution is 5.90. The van der Waals surface area contributed by atoms with E-state index < -0.39 is 109 Å². The largest absolute Gasteiger partial charge is 0.508 e. The molecular weight excluding hydrogens is 969 g/mol. The third-order valence-electron chi connectivity index (χ3n) is 11.9. The molecule has 73 heavy (non-hydrogen) atoms. The molecule has 23 heteroatoms. The number of hydrogen-bond donors (Lipinski definition) is 9. The van der Waals surface area contributed by atoms with Crippen LogP contribution in [0.3, 0.4) is 0 Å². The van der Waals surface area contributed by atoms with Gasteiger partial charge in [0.05, 0.1) is 41.1 Å². The molecule has 3 heterocycles. The van der Waals surface area contributed by atoms with Crippen molar-refractivity contribution in [3.05, 3.63) is 99.7 Å². The predicted molar refractivity (Wildman–Crippen MR) is 251 cm³/mol. The molecule has 1 aromatic heterocycles. The molecule has 0 saturated carbocycles. The molecule has 0 aliphatic carbocycles. The van der Waals surface area contributed by atoms with Crippen LogP contribution in [0.1, 0.15) is 22.8 Å². The van der Waals surface area contributed by atoms with Crippen LogP contribution in [0.15, 0.2) is 82.0 Å². The van der Waals surface area contributed by atoms with Gasteiger partial charge < -0.3 is 97.7 Å². The fourth-order valence-electron chi connectivity index (χ4n) is 8.07.